The molecule has 6 nitrogen and oxygen atoms in total. The Hall–Kier alpha value is -1.72. The summed E-state index contributed by atoms with van der Waals surface area (Å²) in [5, 5.41) is 10.9. The normalized spacial score (nSPS) is 43.0. The van der Waals surface area contributed by atoms with Crippen LogP contribution in [0.4, 0.5) is 0 Å². The maximum Gasteiger partial charge on any atom is 0.313 e. The van der Waals surface area contributed by atoms with Crippen molar-refractivity contribution in [3.05, 3.63) is 21.8 Å². The first-order valence-corrected chi connectivity index (χ1v) is 7.02. The van der Waals surface area contributed by atoms with E-state index >= 15 is 0 Å². The van der Waals surface area contributed by atoms with Crippen LogP contribution in [0, 0.1) is 33.8 Å². The van der Waals surface area contributed by atoms with Gasteiger partial charge in [-0.3, -0.25) is 14.9 Å². The standard InChI is InChI=1S/C14H17NO5/c1-7-13-11(14(17)20-7)5-8-4-9(15(18)19)2-3-10(8)12(13)6-16/h5-7,9-13H,2-4H2,1H3/t7-,9+,10-,11-,12+,13-/m1/s1. The van der Waals surface area contributed by atoms with Crippen LogP contribution in [0.1, 0.15) is 26.2 Å². The number of fused-ring (bicyclic) bond motifs is 2. The SMILES string of the molecule is C[C@H]1OC(=O)[C@@H]2C=C3C[C@@H]([N+](=O)[O-])CC[C@H]3[C@H](C=O)[C@H]12. The van der Waals surface area contributed by atoms with E-state index in [2.05, 4.69) is 0 Å². The maximum absolute atomic E-state index is 11.9. The second-order valence-corrected chi connectivity index (χ2v) is 6.03. The molecule has 1 saturated carbocycles. The minimum atomic E-state index is -0.587. The summed E-state index contributed by atoms with van der Waals surface area (Å²) in [7, 11) is 0. The average molecular weight is 279 g/mol. The molecule has 0 aromatic heterocycles. The van der Waals surface area contributed by atoms with Crippen molar-refractivity contribution >= 4 is 12.3 Å². The quantitative estimate of drug-likeness (QED) is 0.250. The number of carbonyl (C=O) groups is 2. The molecule has 108 valence electrons. The second kappa shape index (κ2) is 4.68. The highest BCUT2D eigenvalue weighted by Gasteiger charge is 2.52. The van der Waals surface area contributed by atoms with Gasteiger partial charge in [0.1, 0.15) is 12.4 Å². The van der Waals surface area contributed by atoms with E-state index in [1.54, 1.807) is 0 Å². The van der Waals surface area contributed by atoms with Gasteiger partial charge in [0, 0.05) is 29.6 Å². The van der Waals surface area contributed by atoms with Gasteiger partial charge in [-0.05, 0) is 19.3 Å². The van der Waals surface area contributed by atoms with Crippen LogP contribution in [-0.4, -0.2) is 29.3 Å². The molecule has 20 heavy (non-hydrogen) atoms. The molecule has 3 rings (SSSR count). The van der Waals surface area contributed by atoms with Crippen LogP contribution in [0.15, 0.2) is 11.6 Å². The first kappa shape index (κ1) is 13.3. The third kappa shape index (κ3) is 1.85. The number of carbonyl (C=O) groups excluding carboxylic acids is 2. The lowest BCUT2D eigenvalue weighted by Gasteiger charge is -2.39. The molecule has 0 aromatic carbocycles. The zero-order valence-corrected chi connectivity index (χ0v) is 11.2. The molecule has 0 spiro atoms. The van der Waals surface area contributed by atoms with Crippen molar-refractivity contribution in [1.29, 1.82) is 0 Å². The molecule has 0 unspecified atom stereocenters. The van der Waals surface area contributed by atoms with Crippen LogP contribution in [0.5, 0.6) is 0 Å². The molecule has 2 aliphatic carbocycles. The largest absolute Gasteiger partial charge is 0.462 e. The number of hydrogen-bond acceptors (Lipinski definition) is 5. The molecule has 0 radical (unpaired) electrons. The Balaban J connectivity index is 1.95. The number of rotatable bonds is 2. The summed E-state index contributed by atoms with van der Waals surface area (Å²) in [5.74, 6) is -1.03. The summed E-state index contributed by atoms with van der Waals surface area (Å²) >= 11 is 0. The Kier molecular flexibility index (Phi) is 3.11. The van der Waals surface area contributed by atoms with Crippen molar-refractivity contribution in [2.75, 3.05) is 0 Å². The number of esters is 1. The van der Waals surface area contributed by atoms with Crippen molar-refractivity contribution in [3.63, 3.8) is 0 Å². The lowest BCUT2D eigenvalue weighted by Crippen LogP contribution is -2.41. The molecular weight excluding hydrogens is 262 g/mol. The Morgan fingerprint density at radius 1 is 1.45 bits per heavy atom. The molecule has 0 bridgehead atoms. The van der Waals surface area contributed by atoms with Gasteiger partial charge in [-0.15, -0.1) is 0 Å². The summed E-state index contributed by atoms with van der Waals surface area (Å²) in [6, 6.07) is -0.587. The fourth-order valence-corrected chi connectivity index (χ4v) is 4.10. The van der Waals surface area contributed by atoms with Crippen LogP contribution >= 0.6 is 0 Å². The summed E-state index contributed by atoms with van der Waals surface area (Å²) in [6.07, 6.45) is 4.00. The van der Waals surface area contributed by atoms with E-state index in [4.69, 9.17) is 4.74 Å². The Morgan fingerprint density at radius 2 is 2.20 bits per heavy atom. The third-order valence-electron chi connectivity index (χ3n) is 5.05. The number of ether oxygens (including phenoxy) is 1. The summed E-state index contributed by atoms with van der Waals surface area (Å²) in [5.41, 5.74) is 0.905. The average Bonchev–Trinajstić information content (AvgIpc) is 2.70. The molecule has 3 aliphatic rings. The van der Waals surface area contributed by atoms with Gasteiger partial charge in [0.25, 0.3) is 0 Å². The molecule has 6 atom stereocenters. The zero-order valence-electron chi connectivity index (χ0n) is 11.2. The van der Waals surface area contributed by atoms with Crippen molar-refractivity contribution in [2.45, 2.75) is 38.3 Å². The number of nitrogens with zero attached hydrogens (tertiary/aromatic N) is 1. The van der Waals surface area contributed by atoms with E-state index in [1.807, 2.05) is 13.0 Å². The van der Waals surface area contributed by atoms with E-state index in [0.717, 1.165) is 11.9 Å². The highest BCUT2D eigenvalue weighted by molar-refractivity contribution is 5.79. The van der Waals surface area contributed by atoms with Gasteiger partial charge in [-0.1, -0.05) is 11.6 Å². The number of hydrogen-bond donors (Lipinski definition) is 0. The van der Waals surface area contributed by atoms with Gasteiger partial charge in [-0.2, -0.15) is 0 Å². The Morgan fingerprint density at radius 3 is 2.85 bits per heavy atom. The van der Waals surface area contributed by atoms with E-state index in [9.17, 15) is 19.7 Å². The zero-order chi connectivity index (χ0) is 14.4. The minimum absolute atomic E-state index is 0.0434. The summed E-state index contributed by atoms with van der Waals surface area (Å²) in [4.78, 5) is 34.0. The molecule has 0 amide bonds. The molecular formula is C14H17NO5. The van der Waals surface area contributed by atoms with Crippen LogP contribution in [0.2, 0.25) is 0 Å². The van der Waals surface area contributed by atoms with Crippen LogP contribution in [-0.2, 0) is 14.3 Å². The first-order chi connectivity index (χ1) is 9.52. The molecule has 6 heteroatoms. The maximum atomic E-state index is 11.9. The molecule has 0 N–H and O–H groups in total. The van der Waals surface area contributed by atoms with Gasteiger partial charge in [-0.25, -0.2) is 0 Å². The van der Waals surface area contributed by atoms with Crippen molar-refractivity contribution in [1.82, 2.24) is 0 Å². The van der Waals surface area contributed by atoms with Gasteiger partial charge >= 0.3 is 5.97 Å². The smallest absolute Gasteiger partial charge is 0.313 e. The van der Waals surface area contributed by atoms with Crippen LogP contribution in [0.3, 0.4) is 0 Å². The van der Waals surface area contributed by atoms with E-state index in [-0.39, 0.29) is 34.8 Å². The fraction of sp³-hybridized carbons (Fsp3) is 0.714. The fourth-order valence-electron chi connectivity index (χ4n) is 4.10. The van der Waals surface area contributed by atoms with Gasteiger partial charge in [0.15, 0.2) is 0 Å². The molecule has 1 heterocycles. The summed E-state index contributed by atoms with van der Waals surface area (Å²) < 4.78 is 5.24. The van der Waals surface area contributed by atoms with E-state index in [1.165, 1.54) is 0 Å². The van der Waals surface area contributed by atoms with Crippen LogP contribution in [0.25, 0.3) is 0 Å². The lowest BCUT2D eigenvalue weighted by molar-refractivity contribution is -0.524. The van der Waals surface area contributed by atoms with Gasteiger partial charge in [0.2, 0.25) is 6.04 Å². The van der Waals surface area contributed by atoms with Gasteiger partial charge in [0.05, 0.1) is 5.92 Å². The van der Waals surface area contributed by atoms with Crippen LogP contribution < -0.4 is 0 Å². The minimum Gasteiger partial charge on any atom is -0.462 e. The van der Waals surface area contributed by atoms with Crippen molar-refractivity contribution < 1.29 is 19.2 Å². The number of cyclic esters (lactones) is 1. The highest BCUT2D eigenvalue weighted by atomic mass is 16.6. The number of nitro groups is 1. The molecule has 1 aliphatic heterocycles. The molecule has 0 aromatic rings. The van der Waals surface area contributed by atoms with Crippen molar-refractivity contribution in [3.8, 4) is 0 Å². The van der Waals surface area contributed by atoms with E-state index < -0.39 is 12.0 Å². The third-order valence-corrected chi connectivity index (χ3v) is 5.05. The number of aldehydes is 1. The topological polar surface area (TPSA) is 86.5 Å². The van der Waals surface area contributed by atoms with Gasteiger partial charge < -0.3 is 9.53 Å². The molecule has 2 fully saturated rings. The molecule has 1 saturated heterocycles. The predicted octanol–water partition coefficient (Wildman–Crippen LogP) is 1.36. The highest BCUT2D eigenvalue weighted by Crippen LogP contribution is 2.49. The van der Waals surface area contributed by atoms with Crippen molar-refractivity contribution in [2.24, 2.45) is 23.7 Å². The first-order valence-electron chi connectivity index (χ1n) is 7.02. The van der Waals surface area contributed by atoms with E-state index in [0.29, 0.717) is 19.3 Å². The Labute approximate surface area is 116 Å². The Bertz CT molecular complexity index is 500. The summed E-state index contributed by atoms with van der Waals surface area (Å²) in [6.45, 7) is 1.82. The lowest BCUT2D eigenvalue weighted by atomic mass is 9.62. The predicted molar refractivity (Wildman–Crippen MR) is 68.3 cm³/mol. The second-order valence-electron chi connectivity index (χ2n) is 6.03. The monoisotopic (exact) mass is 279 g/mol.